The van der Waals surface area contributed by atoms with Gasteiger partial charge in [0.25, 0.3) is 0 Å². The first kappa shape index (κ1) is 3.36. The highest BCUT2D eigenvalue weighted by atomic mass is 16.5. The second kappa shape index (κ2) is 2.36. The van der Waals surface area contributed by atoms with Crippen LogP contribution in [-0.4, -0.2) is 0 Å². The Morgan fingerprint density at radius 1 is 1.75 bits per heavy atom. The van der Waals surface area contributed by atoms with Crippen molar-refractivity contribution < 1.29 is 0 Å². The van der Waals surface area contributed by atoms with Crippen LogP contribution in [0.2, 0.25) is 0 Å². The van der Waals surface area contributed by atoms with Gasteiger partial charge in [-0.15, -0.1) is 4.91 Å². The molecule has 0 atom stereocenters. The minimum Gasteiger partial charge on any atom is -0.718 e. The summed E-state index contributed by atoms with van der Waals surface area (Å²) in [7, 11) is 0. The maximum atomic E-state index is 8.44. The second-order valence-corrected chi connectivity index (χ2v) is 0.163. The number of nitroso groups, excluding NO2 is 1. The number of nitrogens with zero attached hydrogens (tertiary/aromatic N) is 2. The van der Waals surface area contributed by atoms with E-state index >= 15 is 0 Å². The van der Waals surface area contributed by atoms with Crippen molar-refractivity contribution in [2.45, 2.75) is 0 Å². The quantitative estimate of drug-likeness (QED) is 0.310. The molecule has 0 unspecified atom stereocenters. The summed E-state index contributed by atoms with van der Waals surface area (Å²) in [5.41, 5.74) is 1.56. The van der Waals surface area contributed by atoms with Gasteiger partial charge in [0, 0.05) is 0 Å². The highest BCUT2D eigenvalue weighted by molar-refractivity contribution is 4.20. The van der Waals surface area contributed by atoms with E-state index in [0.29, 0.717) is 0 Å². The summed E-state index contributed by atoms with van der Waals surface area (Å²) in [5.74, 6) is 0. The summed E-state index contributed by atoms with van der Waals surface area (Å²) in [6.45, 7) is 0. The Morgan fingerprint density at radius 2 is 2.00 bits per heavy atom. The molecule has 0 aliphatic rings. The van der Waals surface area contributed by atoms with Gasteiger partial charge in [-0.25, -0.2) is 5.59 Å². The zero-order chi connectivity index (χ0) is 3.41. The summed E-state index contributed by atoms with van der Waals surface area (Å²) in [6, 6.07) is 0. The predicted molar refractivity (Wildman–Crippen MR) is 11.3 cm³/mol. The first-order chi connectivity index (χ1) is 1.91. The molecule has 0 aromatic carbocycles. The fraction of sp³-hybridized carbons (Fsp3) is 0. The van der Waals surface area contributed by atoms with E-state index in [0.717, 1.165) is 0 Å². The Balaban J connectivity index is 2.30. The van der Waals surface area contributed by atoms with Crippen LogP contribution in [0, 0.1) is 10.1 Å². The standard InChI is InChI=1S/N2O2/c3-1-2-4/q-1. The first-order valence-electron chi connectivity index (χ1n) is 0.565. The molecular weight excluding hydrogens is 60.0 g/mol. The van der Waals surface area contributed by atoms with Gasteiger partial charge >= 0.3 is 0 Å². The van der Waals surface area contributed by atoms with Crippen LogP contribution in [0.15, 0.2) is 5.29 Å². The van der Waals surface area contributed by atoms with E-state index in [1.165, 1.54) is 0 Å². The van der Waals surface area contributed by atoms with Gasteiger partial charge in [-0.05, 0) is 0 Å². The highest BCUT2D eigenvalue weighted by Crippen LogP contribution is 1.41. The lowest BCUT2D eigenvalue weighted by Crippen LogP contribution is -1.69. The zero-order valence-corrected chi connectivity index (χ0v) is 1.71. The Bertz CT molecular complexity index is 18.0. The van der Waals surface area contributed by atoms with E-state index in [1.807, 2.05) is 0 Å². The second-order valence-electron chi connectivity index (χ2n) is 0.163. The molecule has 0 heterocycles. The third-order valence-electron chi connectivity index (χ3n) is 0.0333. The summed E-state index contributed by atoms with van der Waals surface area (Å²) < 4.78 is 0. The van der Waals surface area contributed by atoms with Crippen LogP contribution in [0.25, 0.3) is 0 Å². The molecule has 4 nitrogen and oxygen atoms in total. The van der Waals surface area contributed by atoms with E-state index in [2.05, 4.69) is 0 Å². The lowest BCUT2D eigenvalue weighted by Gasteiger charge is -1.79. The van der Waals surface area contributed by atoms with Crippen molar-refractivity contribution in [3.05, 3.63) is 10.1 Å². The van der Waals surface area contributed by atoms with Crippen LogP contribution in [0.5, 0.6) is 0 Å². The lowest BCUT2D eigenvalue weighted by atomic mass is 12.8. The van der Waals surface area contributed by atoms with E-state index in [4.69, 9.17) is 10.1 Å². The van der Waals surface area contributed by atoms with Crippen LogP contribution in [0.3, 0.4) is 0 Å². The van der Waals surface area contributed by atoms with Crippen molar-refractivity contribution >= 4 is 0 Å². The average molecular weight is 60.0 g/mol. The van der Waals surface area contributed by atoms with Crippen molar-refractivity contribution in [2.75, 3.05) is 0 Å². The molecule has 0 saturated carbocycles. The molecule has 0 bridgehead atoms. The van der Waals surface area contributed by atoms with Crippen molar-refractivity contribution in [1.82, 2.24) is 5.59 Å². The predicted octanol–water partition coefficient (Wildman–Crippen LogP) is -0.230. The molecule has 0 amide bonds. The topological polar surface area (TPSA) is 66.6 Å². The van der Waals surface area contributed by atoms with Gasteiger partial charge in [0.2, 0.25) is 0 Å². The third-order valence-corrected chi connectivity index (χ3v) is 0.0333. The van der Waals surface area contributed by atoms with Gasteiger partial charge in [-0.3, -0.25) is 0 Å². The lowest BCUT2D eigenvalue weighted by molar-refractivity contribution is 0.942. The fourth-order valence-corrected chi connectivity index (χ4v) is 0. The molecule has 0 N–H and O–H groups in total. The van der Waals surface area contributed by atoms with E-state index in [9.17, 15) is 0 Å². The smallest absolute Gasteiger partial charge is 0.0634 e. The Kier molecular flexibility index (Phi) is 1.98. The largest absolute Gasteiger partial charge is 0.718 e. The van der Waals surface area contributed by atoms with Crippen LogP contribution in [0.4, 0.5) is 0 Å². The van der Waals surface area contributed by atoms with Gasteiger partial charge in [-0.2, -0.15) is 0 Å². The highest BCUT2D eigenvalue weighted by Gasteiger charge is 1.34. The van der Waals surface area contributed by atoms with E-state index in [1.54, 1.807) is 10.9 Å². The van der Waals surface area contributed by atoms with E-state index < -0.39 is 0 Å². The van der Waals surface area contributed by atoms with Crippen molar-refractivity contribution in [3.8, 4) is 0 Å². The van der Waals surface area contributed by atoms with Gasteiger partial charge in [0.15, 0.2) is 0 Å². The zero-order valence-electron chi connectivity index (χ0n) is 1.71. The minimum absolute atomic E-state index is 1.56. The van der Waals surface area contributed by atoms with Crippen molar-refractivity contribution in [2.24, 2.45) is 5.29 Å². The van der Waals surface area contributed by atoms with Crippen LogP contribution in [-0.2, 0) is 0 Å². The Morgan fingerprint density at radius 3 is 2.00 bits per heavy atom. The molecule has 23 valence electrons. The van der Waals surface area contributed by atoms with Crippen LogP contribution in [0.1, 0.15) is 0 Å². The molecule has 1 radical (unpaired) electrons. The molecule has 0 aromatic rings. The molecule has 0 fully saturated rings. The Hall–Kier alpha value is -0.640. The maximum absolute atomic E-state index is 8.44. The number of hydrogen-bond donors (Lipinski definition) is 0. The fourth-order valence-electron chi connectivity index (χ4n) is 0. The van der Waals surface area contributed by atoms with E-state index in [-0.39, 0.29) is 0 Å². The molecule has 0 rings (SSSR count). The molecule has 0 aliphatic heterocycles. The van der Waals surface area contributed by atoms with Crippen LogP contribution < -0.4 is 5.59 Å². The molecule has 0 saturated heterocycles. The molecule has 4 heteroatoms. The molecule has 4 heavy (non-hydrogen) atoms. The molecular formula is N2O2-. The minimum atomic E-state index is 1.56. The molecule has 0 aliphatic carbocycles. The summed E-state index contributed by atoms with van der Waals surface area (Å²) in [6.07, 6.45) is 0. The van der Waals surface area contributed by atoms with Crippen molar-refractivity contribution in [1.29, 1.82) is 0 Å². The van der Waals surface area contributed by atoms with Gasteiger partial charge < -0.3 is 5.21 Å². The monoisotopic (exact) mass is 60.0 g/mol. The molecule has 0 spiro atoms. The average Bonchev–Trinajstić information content (AvgIpc) is 1.37. The first-order valence-corrected chi connectivity index (χ1v) is 0.565. The normalized spacial score (nSPS) is 5.25. The maximum Gasteiger partial charge on any atom is 0.0634 e. The number of rotatable bonds is 1. The number of hydrogen-bond acceptors (Lipinski definition) is 3. The Labute approximate surface area is 22.3 Å². The van der Waals surface area contributed by atoms with Gasteiger partial charge in [0.1, 0.15) is 0 Å². The third kappa shape index (κ3) is 1.36. The van der Waals surface area contributed by atoms with Crippen molar-refractivity contribution in [3.63, 3.8) is 0 Å². The summed E-state index contributed by atoms with van der Waals surface area (Å²) >= 11 is 0. The van der Waals surface area contributed by atoms with Crippen LogP contribution >= 0.6 is 0 Å². The molecule has 0 aromatic heterocycles. The van der Waals surface area contributed by atoms with Gasteiger partial charge in [-0.1, -0.05) is 0 Å². The summed E-state index contributed by atoms with van der Waals surface area (Å²) in [5, 5.41) is 10.0. The SMILES string of the molecule is O=N[N][O-]. The summed E-state index contributed by atoms with van der Waals surface area (Å²) in [4.78, 5) is 8.44. The van der Waals surface area contributed by atoms with Gasteiger partial charge in [0.05, 0.1) is 5.29 Å².